The number of aromatic nitrogens is 1. The van der Waals surface area contributed by atoms with E-state index in [9.17, 15) is 29.5 Å². The van der Waals surface area contributed by atoms with Crippen molar-refractivity contribution in [2.45, 2.75) is 11.4 Å². The van der Waals surface area contributed by atoms with Gasteiger partial charge in [-0.2, -0.15) is 0 Å². The predicted octanol–water partition coefficient (Wildman–Crippen LogP) is -4.49. The predicted molar refractivity (Wildman–Crippen MR) is 121 cm³/mol. The Kier molecular flexibility index (Phi) is 10.1. The van der Waals surface area contributed by atoms with Crippen LogP contribution in [0.1, 0.15) is 5.69 Å². The summed E-state index contributed by atoms with van der Waals surface area (Å²) in [5, 5.41) is 30.0. The number of rotatable bonds is 9. The molecule has 1 aromatic heterocycles. The summed E-state index contributed by atoms with van der Waals surface area (Å²) in [7, 11) is 0. The van der Waals surface area contributed by atoms with Crippen LogP contribution in [0, 0.1) is 5.41 Å². The molecule has 2 saturated heterocycles. The number of hydrogen-bond acceptors (Lipinski definition) is 12. The number of carboxylic acids is 1. The number of thioether (sulfide) groups is 1. The van der Waals surface area contributed by atoms with Gasteiger partial charge in [0.05, 0.1) is 11.4 Å². The van der Waals surface area contributed by atoms with Crippen molar-refractivity contribution >= 4 is 57.8 Å². The third-order valence-corrected chi connectivity index (χ3v) is 7.24. The summed E-state index contributed by atoms with van der Waals surface area (Å²) in [6, 6.07) is -0.939. The molecule has 0 aliphatic carbocycles. The molecule has 3 amide bonds. The molecule has 0 spiro atoms. The molecule has 2 aliphatic heterocycles. The Morgan fingerprint density at radius 1 is 1.49 bits per heavy atom. The zero-order valence-electron chi connectivity index (χ0n) is 18.6. The first-order valence-corrected chi connectivity index (χ1v) is 11.7. The zero-order chi connectivity index (χ0) is 24.9. The van der Waals surface area contributed by atoms with Crippen LogP contribution in [-0.2, 0) is 19.1 Å². The van der Waals surface area contributed by atoms with Gasteiger partial charge in [0, 0.05) is 24.2 Å². The largest absolute Gasteiger partial charge is 1.00 e. The number of carbonyl (C=O) groups is 4. The number of ether oxygens (including phenoxy) is 1. The van der Waals surface area contributed by atoms with Crippen LogP contribution in [0.15, 0.2) is 35.3 Å². The average molecular weight is 533 g/mol. The fourth-order valence-corrected chi connectivity index (χ4v) is 5.37. The van der Waals surface area contributed by atoms with E-state index in [-0.39, 0.29) is 65.8 Å². The Morgan fingerprint density at radius 2 is 2.23 bits per heavy atom. The SMILES string of the molecule is C=CCNC(=O)OCC=CC1(C(=O)[O-])CS[C@@H]2C(NC(=O)C(=NO)c3csc(N)n3)C(=O)N2C1.[Na+]. The van der Waals surface area contributed by atoms with Gasteiger partial charge in [0.25, 0.3) is 5.91 Å². The molecule has 35 heavy (non-hydrogen) atoms. The number of amides is 3. The number of nitrogens with zero attached hydrogens (tertiary/aromatic N) is 3. The van der Waals surface area contributed by atoms with Gasteiger partial charge in [-0.3, -0.25) is 9.59 Å². The molecule has 0 bridgehead atoms. The molecule has 0 aromatic carbocycles. The zero-order valence-corrected chi connectivity index (χ0v) is 22.3. The number of β-lactam (4-membered cyclic amide) rings is 1. The molecule has 1 aromatic rings. The van der Waals surface area contributed by atoms with E-state index in [4.69, 9.17) is 10.5 Å². The monoisotopic (exact) mass is 532 g/mol. The van der Waals surface area contributed by atoms with Crippen LogP contribution < -0.4 is 51.0 Å². The van der Waals surface area contributed by atoms with Crippen molar-refractivity contribution < 1.29 is 63.8 Å². The molecule has 2 fully saturated rings. The minimum atomic E-state index is -1.50. The summed E-state index contributed by atoms with van der Waals surface area (Å²) in [6.45, 7) is 3.32. The Morgan fingerprint density at radius 3 is 2.83 bits per heavy atom. The van der Waals surface area contributed by atoms with Gasteiger partial charge in [-0.05, 0) is 0 Å². The molecule has 16 heteroatoms. The van der Waals surface area contributed by atoms with Crippen molar-refractivity contribution in [3.05, 3.63) is 35.9 Å². The fraction of sp³-hybridized carbons (Fsp3) is 0.368. The topological polar surface area (TPSA) is 199 Å². The van der Waals surface area contributed by atoms with E-state index in [1.807, 2.05) is 0 Å². The second kappa shape index (κ2) is 12.4. The van der Waals surface area contributed by atoms with Crippen LogP contribution in [0.4, 0.5) is 9.93 Å². The normalized spacial score (nSPS) is 23.5. The van der Waals surface area contributed by atoms with E-state index < -0.39 is 46.4 Å². The van der Waals surface area contributed by atoms with E-state index >= 15 is 0 Å². The van der Waals surface area contributed by atoms with E-state index in [2.05, 4.69) is 27.4 Å². The molecule has 3 atom stereocenters. The van der Waals surface area contributed by atoms with E-state index in [1.165, 1.54) is 28.5 Å². The first-order chi connectivity index (χ1) is 16.2. The summed E-state index contributed by atoms with van der Waals surface area (Å²) in [5.41, 5.74) is 3.69. The van der Waals surface area contributed by atoms with Crippen molar-refractivity contribution in [3.8, 4) is 0 Å². The first kappa shape index (κ1) is 28.6. The molecule has 2 unspecified atom stereocenters. The summed E-state index contributed by atoms with van der Waals surface area (Å²) in [6.07, 6.45) is 3.50. The second-order valence-corrected chi connectivity index (χ2v) is 9.25. The maximum absolute atomic E-state index is 12.7. The smallest absolute Gasteiger partial charge is 0.549 e. The Bertz CT molecular complexity index is 1060. The summed E-state index contributed by atoms with van der Waals surface area (Å²) in [4.78, 5) is 53.7. The van der Waals surface area contributed by atoms with Crippen molar-refractivity contribution in [1.29, 1.82) is 0 Å². The van der Waals surface area contributed by atoms with Gasteiger partial charge in [0.15, 0.2) is 10.8 Å². The fourth-order valence-electron chi connectivity index (χ4n) is 3.31. The van der Waals surface area contributed by atoms with Crippen molar-refractivity contribution in [2.24, 2.45) is 10.6 Å². The third-order valence-electron chi connectivity index (χ3n) is 5.02. The molecule has 0 radical (unpaired) electrons. The van der Waals surface area contributed by atoms with Gasteiger partial charge in [0.1, 0.15) is 23.7 Å². The number of nitrogens with one attached hydrogen (secondary N) is 2. The molecule has 0 saturated carbocycles. The van der Waals surface area contributed by atoms with Gasteiger partial charge >= 0.3 is 35.7 Å². The summed E-state index contributed by atoms with van der Waals surface area (Å²) < 4.78 is 4.90. The number of fused-ring (bicyclic) bond motifs is 1. The maximum atomic E-state index is 12.7. The van der Waals surface area contributed by atoms with E-state index in [1.54, 1.807) is 0 Å². The van der Waals surface area contributed by atoms with Crippen LogP contribution in [0.25, 0.3) is 0 Å². The Labute approximate surface area is 230 Å². The number of carboxylic acid groups (broad SMARTS) is 1. The maximum Gasteiger partial charge on any atom is 1.00 e. The molecule has 2 aliphatic rings. The van der Waals surface area contributed by atoms with Gasteiger partial charge in [-0.15, -0.1) is 29.7 Å². The number of nitrogen functional groups attached to an aromatic ring is 1. The minimum Gasteiger partial charge on any atom is -0.549 e. The third kappa shape index (κ3) is 6.35. The standard InChI is InChI=1S/C19H22N6O7S2.Na/c1-2-5-21-18(30)32-6-3-4-19(16(28)29)8-25-14(27)12(15(25)34-9-19)23-13(26)11(24-31)10-7-33-17(20)22-10;/h2-4,7,12,15,31H,1,5-6,8-9H2,(H2,20,22)(H,21,30)(H,23,26)(H,28,29);/q;+1/p-1/t12?,15-,19?;/m1./s1. The van der Waals surface area contributed by atoms with Gasteiger partial charge in [0.2, 0.25) is 5.91 Å². The number of oxime groups is 1. The molecular formula is C19H21N6NaO7S2. The van der Waals surface area contributed by atoms with Gasteiger partial charge in [-0.25, -0.2) is 9.78 Å². The quantitative estimate of drug-likeness (QED) is 0.0600. The van der Waals surface area contributed by atoms with Crippen LogP contribution in [0.5, 0.6) is 0 Å². The molecule has 3 heterocycles. The second-order valence-electron chi connectivity index (χ2n) is 7.25. The number of nitrogens with two attached hydrogens (primary N) is 1. The minimum absolute atomic E-state index is 0. The number of carbonyl (C=O) groups excluding carboxylic acids is 4. The molecule has 5 N–H and O–H groups in total. The first-order valence-electron chi connectivity index (χ1n) is 9.79. The van der Waals surface area contributed by atoms with Crippen molar-refractivity contribution in [1.82, 2.24) is 20.5 Å². The van der Waals surface area contributed by atoms with Gasteiger partial charge < -0.3 is 41.1 Å². The molecule has 3 rings (SSSR count). The molecule has 182 valence electrons. The Hall–Kier alpha value is -2.59. The Balaban J connectivity index is 0.00000432. The number of alkyl carbamates (subject to hydrolysis) is 1. The van der Waals surface area contributed by atoms with Crippen LogP contribution in [-0.4, -0.2) is 81.5 Å². The van der Waals surface area contributed by atoms with E-state index in [0.717, 1.165) is 23.1 Å². The summed E-state index contributed by atoms with van der Waals surface area (Å²) in [5.74, 6) is -2.66. The number of anilines is 1. The summed E-state index contributed by atoms with van der Waals surface area (Å²) >= 11 is 2.20. The number of aliphatic carboxylic acids is 1. The molecule has 13 nitrogen and oxygen atoms in total. The number of hydrogen-bond donors (Lipinski definition) is 4. The van der Waals surface area contributed by atoms with Crippen LogP contribution >= 0.6 is 23.1 Å². The van der Waals surface area contributed by atoms with Crippen LogP contribution in [0.2, 0.25) is 0 Å². The van der Waals surface area contributed by atoms with Crippen molar-refractivity contribution in [2.75, 3.05) is 31.2 Å². The molecular weight excluding hydrogens is 511 g/mol. The van der Waals surface area contributed by atoms with Gasteiger partial charge in [-0.1, -0.05) is 23.4 Å². The average Bonchev–Trinajstić information content (AvgIpc) is 3.24. The number of thiazole rings is 1. The van der Waals surface area contributed by atoms with E-state index in [0.29, 0.717) is 0 Å². The van der Waals surface area contributed by atoms with Crippen LogP contribution in [0.3, 0.4) is 0 Å². The van der Waals surface area contributed by atoms with Crippen molar-refractivity contribution in [3.63, 3.8) is 0 Å².